The first kappa shape index (κ1) is 15.1. The van der Waals surface area contributed by atoms with Gasteiger partial charge in [0.05, 0.1) is 5.41 Å². The van der Waals surface area contributed by atoms with E-state index in [4.69, 9.17) is 0 Å². The van der Waals surface area contributed by atoms with Crippen LogP contribution in [0.1, 0.15) is 25.0 Å². The van der Waals surface area contributed by atoms with Crippen molar-refractivity contribution in [3.8, 4) is 0 Å². The third kappa shape index (κ3) is 3.04. The van der Waals surface area contributed by atoms with E-state index in [1.165, 1.54) is 0 Å². The third-order valence-corrected chi connectivity index (χ3v) is 4.06. The molecule has 0 saturated heterocycles. The van der Waals surface area contributed by atoms with Gasteiger partial charge in [0.25, 0.3) is 0 Å². The highest BCUT2D eigenvalue weighted by Crippen LogP contribution is 2.37. The van der Waals surface area contributed by atoms with E-state index in [2.05, 4.69) is 16.0 Å². The number of anilines is 2. The molecule has 0 spiro atoms. The van der Waals surface area contributed by atoms with Gasteiger partial charge in [0.1, 0.15) is 0 Å². The zero-order valence-corrected chi connectivity index (χ0v) is 13.1. The van der Waals surface area contributed by atoms with E-state index >= 15 is 0 Å². The van der Waals surface area contributed by atoms with Crippen LogP contribution in [-0.2, 0) is 16.8 Å². The first-order chi connectivity index (χ1) is 11.0. The van der Waals surface area contributed by atoms with Crippen LogP contribution >= 0.6 is 0 Å². The lowest BCUT2D eigenvalue weighted by molar-refractivity contribution is -0.119. The van der Waals surface area contributed by atoms with Crippen molar-refractivity contribution in [2.75, 3.05) is 10.6 Å². The maximum atomic E-state index is 11.9. The molecular weight excluding hydrogens is 290 g/mol. The zero-order chi connectivity index (χ0) is 16.4. The molecule has 0 radical (unpaired) electrons. The van der Waals surface area contributed by atoms with Gasteiger partial charge in [-0.15, -0.1) is 0 Å². The minimum atomic E-state index is -0.544. The second kappa shape index (κ2) is 5.76. The summed E-state index contributed by atoms with van der Waals surface area (Å²) in [6.45, 7) is 4.19. The number of carbonyl (C=O) groups is 2. The van der Waals surface area contributed by atoms with Gasteiger partial charge in [0.2, 0.25) is 5.91 Å². The van der Waals surface area contributed by atoms with Crippen molar-refractivity contribution in [1.82, 2.24) is 5.32 Å². The summed E-state index contributed by atoms with van der Waals surface area (Å²) in [5.74, 6) is -0.000528. The van der Waals surface area contributed by atoms with Crippen LogP contribution in [-0.4, -0.2) is 11.9 Å². The summed E-state index contributed by atoms with van der Waals surface area (Å²) < 4.78 is 0. The number of hydrogen-bond donors (Lipinski definition) is 3. The van der Waals surface area contributed by atoms with Crippen molar-refractivity contribution in [3.05, 3.63) is 59.7 Å². The van der Waals surface area contributed by atoms with Gasteiger partial charge >= 0.3 is 6.03 Å². The number of rotatable bonds is 3. The molecular formula is C18H19N3O2. The second-order valence-electron chi connectivity index (χ2n) is 6.13. The summed E-state index contributed by atoms with van der Waals surface area (Å²) in [6, 6.07) is 14.8. The molecule has 1 aliphatic heterocycles. The molecule has 5 nitrogen and oxygen atoms in total. The van der Waals surface area contributed by atoms with Crippen molar-refractivity contribution in [1.29, 1.82) is 0 Å². The smallest absolute Gasteiger partial charge is 0.319 e. The molecule has 1 heterocycles. The van der Waals surface area contributed by atoms with Gasteiger partial charge in [-0.3, -0.25) is 4.79 Å². The van der Waals surface area contributed by atoms with Crippen LogP contribution in [0.4, 0.5) is 16.2 Å². The Morgan fingerprint density at radius 2 is 1.87 bits per heavy atom. The number of fused-ring (bicyclic) bond motifs is 1. The zero-order valence-electron chi connectivity index (χ0n) is 13.1. The van der Waals surface area contributed by atoms with Crippen molar-refractivity contribution in [3.63, 3.8) is 0 Å². The van der Waals surface area contributed by atoms with Crippen LogP contribution in [0.25, 0.3) is 0 Å². The summed E-state index contributed by atoms with van der Waals surface area (Å²) in [6.07, 6.45) is 0. The maximum absolute atomic E-state index is 11.9. The number of nitrogens with one attached hydrogen (secondary N) is 3. The van der Waals surface area contributed by atoms with Crippen molar-refractivity contribution in [2.24, 2.45) is 0 Å². The van der Waals surface area contributed by atoms with Crippen LogP contribution in [0.15, 0.2) is 48.5 Å². The third-order valence-electron chi connectivity index (χ3n) is 4.06. The lowest BCUT2D eigenvalue weighted by atomic mass is 9.85. The average Bonchev–Trinajstić information content (AvgIpc) is 2.76. The van der Waals surface area contributed by atoms with E-state index in [1.54, 1.807) is 0 Å². The summed E-state index contributed by atoms with van der Waals surface area (Å²) >= 11 is 0. The van der Waals surface area contributed by atoms with Crippen molar-refractivity contribution in [2.45, 2.75) is 25.8 Å². The molecule has 0 bridgehead atoms. The van der Waals surface area contributed by atoms with Gasteiger partial charge in [-0.25, -0.2) is 4.79 Å². The Hall–Kier alpha value is -2.82. The normalized spacial score (nSPS) is 14.8. The molecule has 5 heteroatoms. The van der Waals surface area contributed by atoms with Gasteiger partial charge in [0, 0.05) is 17.9 Å². The Morgan fingerprint density at radius 3 is 2.61 bits per heavy atom. The first-order valence-corrected chi connectivity index (χ1v) is 7.51. The molecule has 0 aliphatic carbocycles. The van der Waals surface area contributed by atoms with E-state index < -0.39 is 5.41 Å². The first-order valence-electron chi connectivity index (χ1n) is 7.51. The van der Waals surface area contributed by atoms with Crippen molar-refractivity contribution < 1.29 is 9.59 Å². The topological polar surface area (TPSA) is 70.2 Å². The minimum Gasteiger partial charge on any atom is -0.334 e. The molecule has 3 rings (SSSR count). The molecule has 1 aliphatic rings. The quantitative estimate of drug-likeness (QED) is 0.814. The lowest BCUT2D eigenvalue weighted by Crippen LogP contribution is -2.28. The molecule has 23 heavy (non-hydrogen) atoms. The largest absolute Gasteiger partial charge is 0.334 e. The fourth-order valence-electron chi connectivity index (χ4n) is 2.61. The predicted octanol–water partition coefficient (Wildman–Crippen LogP) is 3.24. The SMILES string of the molecule is CC1(C)C(=O)Nc2ccc(CNC(=O)Nc3ccccc3)cc21. The van der Waals surface area contributed by atoms with E-state index in [0.29, 0.717) is 6.54 Å². The Bertz CT molecular complexity index is 754. The molecule has 3 amide bonds. The van der Waals surface area contributed by atoms with Gasteiger partial charge in [-0.05, 0) is 43.2 Å². The fourth-order valence-corrected chi connectivity index (χ4v) is 2.61. The van der Waals surface area contributed by atoms with Crippen LogP contribution in [0.2, 0.25) is 0 Å². The van der Waals surface area contributed by atoms with Crippen LogP contribution < -0.4 is 16.0 Å². The van der Waals surface area contributed by atoms with E-state index in [1.807, 2.05) is 62.4 Å². The highest BCUT2D eigenvalue weighted by atomic mass is 16.2. The average molecular weight is 309 g/mol. The van der Waals surface area contributed by atoms with Gasteiger partial charge in [-0.1, -0.05) is 30.3 Å². The van der Waals surface area contributed by atoms with Crippen LogP contribution in [0.3, 0.4) is 0 Å². The predicted molar refractivity (Wildman–Crippen MR) is 90.4 cm³/mol. The summed E-state index contributed by atoms with van der Waals surface area (Å²) in [7, 11) is 0. The molecule has 2 aromatic carbocycles. The molecule has 118 valence electrons. The monoisotopic (exact) mass is 309 g/mol. The Morgan fingerprint density at radius 1 is 1.13 bits per heavy atom. The lowest BCUT2D eigenvalue weighted by Gasteiger charge is -2.16. The number of para-hydroxylation sites is 1. The fraction of sp³-hybridized carbons (Fsp3) is 0.222. The number of hydrogen-bond acceptors (Lipinski definition) is 2. The van der Waals surface area contributed by atoms with E-state index in [9.17, 15) is 9.59 Å². The number of benzene rings is 2. The Labute approximate surface area is 135 Å². The highest BCUT2D eigenvalue weighted by molar-refractivity contribution is 6.05. The minimum absolute atomic E-state index is 0.000528. The van der Waals surface area contributed by atoms with E-state index in [-0.39, 0.29) is 11.9 Å². The Balaban J connectivity index is 1.65. The number of carbonyl (C=O) groups excluding carboxylic acids is 2. The summed E-state index contributed by atoms with van der Waals surface area (Å²) in [4.78, 5) is 23.9. The second-order valence-corrected chi connectivity index (χ2v) is 6.13. The number of urea groups is 1. The standard InChI is InChI=1S/C18H19N3O2/c1-18(2)14-10-12(8-9-15(14)21-16(18)22)11-19-17(23)20-13-6-4-3-5-7-13/h3-10H,11H2,1-2H3,(H,21,22)(H2,19,20,23). The molecule has 0 aromatic heterocycles. The van der Waals surface area contributed by atoms with Crippen LogP contribution in [0.5, 0.6) is 0 Å². The molecule has 2 aromatic rings. The Kier molecular flexibility index (Phi) is 3.78. The highest BCUT2D eigenvalue weighted by Gasteiger charge is 2.38. The molecule has 0 unspecified atom stereocenters. The van der Waals surface area contributed by atoms with Gasteiger partial charge in [-0.2, -0.15) is 0 Å². The number of amides is 3. The van der Waals surface area contributed by atoms with Gasteiger partial charge < -0.3 is 16.0 Å². The summed E-state index contributed by atoms with van der Waals surface area (Å²) in [5, 5.41) is 8.47. The summed E-state index contributed by atoms with van der Waals surface area (Å²) in [5.41, 5.74) is 2.96. The molecule has 3 N–H and O–H groups in total. The molecule has 0 saturated carbocycles. The molecule has 0 fully saturated rings. The maximum Gasteiger partial charge on any atom is 0.319 e. The molecule has 0 atom stereocenters. The van der Waals surface area contributed by atoms with Crippen molar-refractivity contribution >= 4 is 23.3 Å². The van der Waals surface area contributed by atoms with Gasteiger partial charge in [0.15, 0.2) is 0 Å². The van der Waals surface area contributed by atoms with Crippen LogP contribution in [0, 0.1) is 0 Å². The van der Waals surface area contributed by atoms with E-state index in [0.717, 1.165) is 22.5 Å².